The standard InChI is InChI=1S/C14H15N3O4/c1-14(6-15-7-14)21-5-11(18)16-8-2-3-9-10(4-8)13(20)17-12(9)19/h2-4,15H,5-7H2,1H3,(H,16,18)(H,17,19,20). The summed E-state index contributed by atoms with van der Waals surface area (Å²) in [7, 11) is 0. The minimum atomic E-state index is -0.449. The first-order valence-electron chi connectivity index (χ1n) is 6.61. The van der Waals surface area contributed by atoms with Gasteiger partial charge < -0.3 is 15.4 Å². The molecule has 2 heterocycles. The van der Waals surface area contributed by atoms with Gasteiger partial charge in [-0.2, -0.15) is 0 Å². The van der Waals surface area contributed by atoms with E-state index >= 15 is 0 Å². The lowest BCUT2D eigenvalue weighted by Gasteiger charge is -2.38. The van der Waals surface area contributed by atoms with Gasteiger partial charge in [0.1, 0.15) is 6.61 Å². The highest BCUT2D eigenvalue weighted by molar-refractivity contribution is 6.22. The van der Waals surface area contributed by atoms with E-state index in [1.165, 1.54) is 12.1 Å². The van der Waals surface area contributed by atoms with Gasteiger partial charge in [0.15, 0.2) is 0 Å². The fourth-order valence-electron chi connectivity index (χ4n) is 2.26. The Labute approximate surface area is 121 Å². The van der Waals surface area contributed by atoms with E-state index in [2.05, 4.69) is 16.0 Å². The molecule has 0 bridgehead atoms. The minimum absolute atomic E-state index is 0.0552. The van der Waals surface area contributed by atoms with Crippen LogP contribution in [0.4, 0.5) is 5.69 Å². The predicted molar refractivity (Wildman–Crippen MR) is 74.1 cm³/mol. The van der Waals surface area contributed by atoms with Crippen LogP contribution in [0, 0.1) is 0 Å². The molecule has 7 nitrogen and oxygen atoms in total. The Morgan fingerprint density at radius 1 is 1.29 bits per heavy atom. The number of ether oxygens (including phenoxy) is 1. The Hall–Kier alpha value is -2.25. The number of hydrogen-bond acceptors (Lipinski definition) is 5. The van der Waals surface area contributed by atoms with Crippen molar-refractivity contribution in [3.8, 4) is 0 Å². The molecule has 3 amide bonds. The van der Waals surface area contributed by atoms with Crippen LogP contribution in [0.3, 0.4) is 0 Å². The molecule has 0 saturated carbocycles. The van der Waals surface area contributed by atoms with Gasteiger partial charge in [-0.3, -0.25) is 19.7 Å². The summed E-state index contributed by atoms with van der Waals surface area (Å²) in [5, 5.41) is 7.93. The molecule has 1 aromatic carbocycles. The number of carbonyl (C=O) groups is 3. The molecule has 0 aromatic heterocycles. The number of nitrogens with one attached hydrogen (secondary N) is 3. The van der Waals surface area contributed by atoms with Gasteiger partial charge in [0, 0.05) is 18.8 Å². The number of carbonyl (C=O) groups excluding carboxylic acids is 3. The lowest BCUT2D eigenvalue weighted by atomic mass is 10.0. The number of fused-ring (bicyclic) bond motifs is 1. The summed E-state index contributed by atoms with van der Waals surface area (Å²) in [6.45, 7) is 3.32. The second-order valence-electron chi connectivity index (χ2n) is 5.43. The molecule has 1 fully saturated rings. The number of benzene rings is 1. The zero-order chi connectivity index (χ0) is 15.0. The Balaban J connectivity index is 1.63. The van der Waals surface area contributed by atoms with Crippen LogP contribution in [0.5, 0.6) is 0 Å². The van der Waals surface area contributed by atoms with Crippen LogP contribution in [0.2, 0.25) is 0 Å². The molecular formula is C14H15N3O4. The monoisotopic (exact) mass is 289 g/mol. The molecule has 0 spiro atoms. The van der Waals surface area contributed by atoms with Crippen LogP contribution >= 0.6 is 0 Å². The second kappa shape index (κ2) is 4.94. The maximum Gasteiger partial charge on any atom is 0.259 e. The summed E-state index contributed by atoms with van der Waals surface area (Å²) in [6, 6.07) is 4.59. The Morgan fingerprint density at radius 2 is 2.00 bits per heavy atom. The van der Waals surface area contributed by atoms with Crippen molar-refractivity contribution in [3.05, 3.63) is 29.3 Å². The molecule has 110 valence electrons. The molecule has 7 heteroatoms. The summed E-state index contributed by atoms with van der Waals surface area (Å²) < 4.78 is 5.52. The number of amides is 3. The molecule has 0 atom stereocenters. The molecule has 1 aromatic rings. The van der Waals surface area contributed by atoms with Crippen LogP contribution < -0.4 is 16.0 Å². The van der Waals surface area contributed by atoms with E-state index in [1.807, 2.05) is 6.92 Å². The Morgan fingerprint density at radius 3 is 2.67 bits per heavy atom. The maximum atomic E-state index is 11.8. The summed E-state index contributed by atoms with van der Waals surface area (Å²) in [4.78, 5) is 34.8. The molecular weight excluding hydrogens is 274 g/mol. The summed E-state index contributed by atoms with van der Waals surface area (Å²) in [5.41, 5.74) is 0.766. The number of anilines is 1. The summed E-state index contributed by atoms with van der Waals surface area (Å²) >= 11 is 0. The molecule has 0 radical (unpaired) electrons. The van der Waals surface area contributed by atoms with Crippen molar-refractivity contribution in [2.24, 2.45) is 0 Å². The van der Waals surface area contributed by atoms with E-state index in [1.54, 1.807) is 6.07 Å². The molecule has 2 aliphatic rings. The zero-order valence-electron chi connectivity index (χ0n) is 11.5. The third-order valence-electron chi connectivity index (χ3n) is 3.57. The quantitative estimate of drug-likeness (QED) is 0.672. The molecule has 1 saturated heterocycles. The van der Waals surface area contributed by atoms with Crippen molar-refractivity contribution in [2.45, 2.75) is 12.5 Å². The lowest BCUT2D eigenvalue weighted by Crippen LogP contribution is -2.59. The van der Waals surface area contributed by atoms with Crippen molar-refractivity contribution in [1.29, 1.82) is 0 Å². The highest BCUT2D eigenvalue weighted by atomic mass is 16.5. The first-order valence-corrected chi connectivity index (χ1v) is 6.61. The molecule has 3 N–H and O–H groups in total. The lowest BCUT2D eigenvalue weighted by molar-refractivity contribution is -0.130. The van der Waals surface area contributed by atoms with Crippen molar-refractivity contribution in [3.63, 3.8) is 0 Å². The van der Waals surface area contributed by atoms with Crippen LogP contribution in [0.15, 0.2) is 18.2 Å². The van der Waals surface area contributed by atoms with Crippen molar-refractivity contribution in [2.75, 3.05) is 25.0 Å². The minimum Gasteiger partial charge on any atom is -0.363 e. The molecule has 0 unspecified atom stereocenters. The van der Waals surface area contributed by atoms with Gasteiger partial charge in [0.2, 0.25) is 5.91 Å². The number of hydrogen-bond donors (Lipinski definition) is 3. The first-order chi connectivity index (χ1) is 9.97. The zero-order valence-corrected chi connectivity index (χ0v) is 11.5. The van der Waals surface area contributed by atoms with Crippen LogP contribution in [0.1, 0.15) is 27.6 Å². The van der Waals surface area contributed by atoms with Crippen molar-refractivity contribution < 1.29 is 19.1 Å². The molecule has 21 heavy (non-hydrogen) atoms. The van der Waals surface area contributed by atoms with Crippen molar-refractivity contribution >= 4 is 23.4 Å². The fourth-order valence-corrected chi connectivity index (χ4v) is 2.26. The number of imide groups is 1. The second-order valence-corrected chi connectivity index (χ2v) is 5.43. The van der Waals surface area contributed by atoms with Crippen LogP contribution in [-0.2, 0) is 9.53 Å². The molecule has 2 aliphatic heterocycles. The van der Waals surface area contributed by atoms with Gasteiger partial charge in [0.25, 0.3) is 11.8 Å². The maximum absolute atomic E-state index is 11.8. The Bertz CT molecular complexity index is 637. The normalized spacial score (nSPS) is 18.7. The van der Waals surface area contributed by atoms with Gasteiger partial charge in [-0.1, -0.05) is 0 Å². The van der Waals surface area contributed by atoms with Crippen molar-refractivity contribution in [1.82, 2.24) is 10.6 Å². The molecule has 0 aliphatic carbocycles. The van der Waals surface area contributed by atoms with E-state index < -0.39 is 11.8 Å². The molecule has 3 rings (SSSR count). The third-order valence-corrected chi connectivity index (χ3v) is 3.57. The average molecular weight is 289 g/mol. The van der Waals surface area contributed by atoms with E-state index in [-0.39, 0.29) is 23.7 Å². The fraction of sp³-hybridized carbons (Fsp3) is 0.357. The smallest absolute Gasteiger partial charge is 0.259 e. The predicted octanol–water partition coefficient (Wildman–Crippen LogP) is -0.113. The SMILES string of the molecule is CC1(OCC(=O)Nc2ccc3c(c2)C(=O)NC3=O)CNC1. The Kier molecular flexibility index (Phi) is 3.23. The summed E-state index contributed by atoms with van der Waals surface area (Å²) in [6.07, 6.45) is 0. The van der Waals surface area contributed by atoms with E-state index in [0.29, 0.717) is 11.3 Å². The third kappa shape index (κ3) is 2.65. The largest absolute Gasteiger partial charge is 0.363 e. The van der Waals surface area contributed by atoms with Crippen LogP contribution in [0.25, 0.3) is 0 Å². The van der Waals surface area contributed by atoms with Gasteiger partial charge >= 0.3 is 0 Å². The first kappa shape index (κ1) is 13.7. The highest BCUT2D eigenvalue weighted by Crippen LogP contribution is 2.20. The van der Waals surface area contributed by atoms with Gasteiger partial charge in [0.05, 0.1) is 16.7 Å². The van der Waals surface area contributed by atoms with E-state index in [9.17, 15) is 14.4 Å². The highest BCUT2D eigenvalue weighted by Gasteiger charge is 2.33. The summed E-state index contributed by atoms with van der Waals surface area (Å²) in [5.74, 6) is -1.16. The topological polar surface area (TPSA) is 96.5 Å². The van der Waals surface area contributed by atoms with E-state index in [4.69, 9.17) is 4.74 Å². The van der Waals surface area contributed by atoms with E-state index in [0.717, 1.165) is 13.1 Å². The number of rotatable bonds is 4. The average Bonchev–Trinajstić information content (AvgIpc) is 2.69. The van der Waals surface area contributed by atoms with Gasteiger partial charge in [-0.15, -0.1) is 0 Å². The van der Waals surface area contributed by atoms with Gasteiger partial charge in [-0.05, 0) is 25.1 Å². The van der Waals surface area contributed by atoms with Crippen LogP contribution in [-0.4, -0.2) is 43.0 Å². The van der Waals surface area contributed by atoms with Gasteiger partial charge in [-0.25, -0.2) is 0 Å².